The molecule has 0 aliphatic carbocycles. The molecule has 0 aromatic heterocycles. The lowest BCUT2D eigenvalue weighted by atomic mass is 10.2. The molecule has 1 heterocycles. The van der Waals surface area contributed by atoms with Crippen LogP contribution in [0.2, 0.25) is 0 Å². The first kappa shape index (κ1) is 22.7. The quantitative estimate of drug-likeness (QED) is 0.267. The molecular formula is C17H25F3IN3O2. The number of guanidine groups is 1. The van der Waals surface area contributed by atoms with Crippen molar-refractivity contribution in [3.05, 3.63) is 18.2 Å². The zero-order valence-electron chi connectivity index (χ0n) is 14.7. The highest BCUT2D eigenvalue weighted by Crippen LogP contribution is 2.32. The van der Waals surface area contributed by atoms with Gasteiger partial charge in [-0.2, -0.15) is 13.2 Å². The fraction of sp³-hybridized carbons (Fsp3) is 0.588. The maximum atomic E-state index is 12.1. The highest BCUT2D eigenvalue weighted by molar-refractivity contribution is 14.0. The number of benzene rings is 1. The molecular weight excluding hydrogens is 462 g/mol. The summed E-state index contributed by atoms with van der Waals surface area (Å²) in [5, 5.41) is 6.21. The maximum absolute atomic E-state index is 12.1. The van der Waals surface area contributed by atoms with E-state index in [2.05, 4.69) is 15.6 Å². The van der Waals surface area contributed by atoms with Gasteiger partial charge in [-0.3, -0.25) is 4.99 Å². The van der Waals surface area contributed by atoms with E-state index >= 15 is 0 Å². The molecule has 0 radical (unpaired) electrons. The molecule has 26 heavy (non-hydrogen) atoms. The summed E-state index contributed by atoms with van der Waals surface area (Å²) >= 11 is 0. The molecule has 1 aromatic rings. The highest BCUT2D eigenvalue weighted by atomic mass is 127. The van der Waals surface area contributed by atoms with Gasteiger partial charge in [0.2, 0.25) is 0 Å². The minimum Gasteiger partial charge on any atom is -0.490 e. The van der Waals surface area contributed by atoms with E-state index < -0.39 is 12.6 Å². The second kappa shape index (κ2) is 11.3. The van der Waals surface area contributed by atoms with Gasteiger partial charge in [-0.25, -0.2) is 0 Å². The van der Waals surface area contributed by atoms with E-state index in [9.17, 15) is 13.2 Å². The normalized spacial score (nSPS) is 14.2. The Morgan fingerprint density at radius 3 is 2.58 bits per heavy atom. The lowest BCUT2D eigenvalue weighted by Crippen LogP contribution is -2.30. The van der Waals surface area contributed by atoms with Crippen LogP contribution in [0.4, 0.5) is 18.9 Å². The topological polar surface area (TPSA) is 54.9 Å². The molecule has 0 fully saturated rings. The van der Waals surface area contributed by atoms with Gasteiger partial charge in [0.25, 0.3) is 0 Å². The summed E-state index contributed by atoms with van der Waals surface area (Å²) in [6, 6.07) is 5.51. The third-order valence-corrected chi connectivity index (χ3v) is 3.49. The Morgan fingerprint density at radius 2 is 1.88 bits per heavy atom. The molecule has 0 unspecified atom stereocenters. The lowest BCUT2D eigenvalue weighted by Gasteiger charge is -2.13. The van der Waals surface area contributed by atoms with Crippen LogP contribution in [-0.2, 0) is 0 Å². The van der Waals surface area contributed by atoms with Crippen molar-refractivity contribution in [2.24, 2.45) is 4.99 Å². The summed E-state index contributed by atoms with van der Waals surface area (Å²) in [7, 11) is 0. The predicted octanol–water partition coefficient (Wildman–Crippen LogP) is 4.58. The number of aliphatic imine (C=N–C) groups is 1. The molecule has 148 valence electrons. The fourth-order valence-corrected chi connectivity index (χ4v) is 2.31. The Hall–Kier alpha value is -1.39. The number of hydrogen-bond acceptors (Lipinski definition) is 3. The Morgan fingerprint density at radius 1 is 1.15 bits per heavy atom. The van der Waals surface area contributed by atoms with Crippen molar-refractivity contribution >= 4 is 35.6 Å². The molecule has 2 rings (SSSR count). The van der Waals surface area contributed by atoms with Gasteiger partial charge >= 0.3 is 6.18 Å². The van der Waals surface area contributed by atoms with Gasteiger partial charge in [0.15, 0.2) is 17.5 Å². The number of ether oxygens (including phenoxy) is 2. The summed E-state index contributed by atoms with van der Waals surface area (Å²) in [6.07, 6.45) is -3.57. The van der Waals surface area contributed by atoms with Crippen LogP contribution in [0, 0.1) is 0 Å². The molecule has 0 saturated heterocycles. The van der Waals surface area contributed by atoms with E-state index in [1.165, 1.54) is 0 Å². The van der Waals surface area contributed by atoms with Crippen molar-refractivity contribution < 1.29 is 22.6 Å². The molecule has 5 nitrogen and oxygen atoms in total. The van der Waals surface area contributed by atoms with Crippen LogP contribution in [0.25, 0.3) is 0 Å². The number of nitrogens with one attached hydrogen (secondary N) is 2. The van der Waals surface area contributed by atoms with Gasteiger partial charge in [0, 0.05) is 37.7 Å². The lowest BCUT2D eigenvalue weighted by molar-refractivity contribution is -0.135. The van der Waals surface area contributed by atoms with Crippen LogP contribution in [0.1, 0.15) is 32.6 Å². The third kappa shape index (κ3) is 8.33. The fourth-order valence-electron chi connectivity index (χ4n) is 2.31. The van der Waals surface area contributed by atoms with Crippen LogP contribution in [0.15, 0.2) is 23.2 Å². The Bertz CT molecular complexity index is 583. The number of hydrogen-bond donors (Lipinski definition) is 2. The summed E-state index contributed by atoms with van der Waals surface area (Å²) in [5.41, 5.74) is 0.777. The van der Waals surface area contributed by atoms with Gasteiger partial charge in [-0.15, -0.1) is 24.0 Å². The molecule has 0 amide bonds. The van der Waals surface area contributed by atoms with Crippen LogP contribution in [0.3, 0.4) is 0 Å². The van der Waals surface area contributed by atoms with Crippen LogP contribution in [0.5, 0.6) is 11.5 Å². The Labute approximate surface area is 168 Å². The molecule has 1 aromatic carbocycles. The molecule has 2 N–H and O–H groups in total. The zero-order valence-corrected chi connectivity index (χ0v) is 17.0. The number of halogens is 4. The molecule has 9 heteroatoms. The minimum absolute atomic E-state index is 0. The van der Waals surface area contributed by atoms with Gasteiger partial charge in [0.05, 0.1) is 13.2 Å². The summed E-state index contributed by atoms with van der Waals surface area (Å²) < 4.78 is 47.6. The number of alkyl halides is 3. The number of fused-ring (bicyclic) bond motifs is 1. The van der Waals surface area contributed by atoms with Gasteiger partial charge in [-0.1, -0.05) is 0 Å². The number of unbranched alkanes of at least 4 members (excludes halogenated alkanes) is 1. The van der Waals surface area contributed by atoms with Crippen molar-refractivity contribution in [3.63, 3.8) is 0 Å². The van der Waals surface area contributed by atoms with Crippen LogP contribution >= 0.6 is 24.0 Å². The minimum atomic E-state index is -4.10. The van der Waals surface area contributed by atoms with Gasteiger partial charge < -0.3 is 20.1 Å². The standard InChI is InChI=1S/C17H24F3N3O2.HI/c1-2-21-16(22-9-4-3-8-17(18,19)20)23-13-6-7-14-15(12-13)25-11-5-10-24-14;/h6-7,12H,2-5,8-11H2,1H3,(H2,21,22,23);1H. The molecule has 0 spiro atoms. The first-order valence-corrected chi connectivity index (χ1v) is 8.49. The predicted molar refractivity (Wildman–Crippen MR) is 107 cm³/mol. The molecule has 1 aliphatic heterocycles. The van der Waals surface area contributed by atoms with E-state index in [1.807, 2.05) is 25.1 Å². The summed E-state index contributed by atoms with van der Waals surface area (Å²) in [4.78, 5) is 4.31. The monoisotopic (exact) mass is 487 g/mol. The van der Waals surface area contributed by atoms with Crippen molar-refractivity contribution in [2.45, 2.75) is 38.8 Å². The van der Waals surface area contributed by atoms with E-state index in [-0.39, 0.29) is 30.4 Å². The van der Waals surface area contributed by atoms with Crippen molar-refractivity contribution in [1.82, 2.24) is 5.32 Å². The second-order valence-corrected chi connectivity index (χ2v) is 5.67. The maximum Gasteiger partial charge on any atom is 0.389 e. The number of rotatable bonds is 6. The average Bonchev–Trinajstić information content (AvgIpc) is 2.78. The molecule has 0 atom stereocenters. The Balaban J connectivity index is 0.00000338. The summed E-state index contributed by atoms with van der Waals surface area (Å²) in [6.45, 7) is 4.13. The van der Waals surface area contributed by atoms with E-state index in [4.69, 9.17) is 9.47 Å². The smallest absolute Gasteiger partial charge is 0.389 e. The van der Waals surface area contributed by atoms with Crippen LogP contribution in [-0.4, -0.2) is 38.4 Å². The largest absolute Gasteiger partial charge is 0.490 e. The van der Waals surface area contributed by atoms with Crippen molar-refractivity contribution in [1.29, 1.82) is 0 Å². The van der Waals surface area contributed by atoms with Gasteiger partial charge in [-0.05, 0) is 31.9 Å². The molecule has 0 saturated carbocycles. The zero-order chi connectivity index (χ0) is 18.1. The van der Waals surface area contributed by atoms with E-state index in [1.54, 1.807) is 0 Å². The third-order valence-electron chi connectivity index (χ3n) is 3.49. The first-order valence-electron chi connectivity index (χ1n) is 8.49. The van der Waals surface area contributed by atoms with E-state index in [0.717, 1.165) is 12.1 Å². The Kier molecular flexibility index (Phi) is 9.89. The number of anilines is 1. The average molecular weight is 487 g/mol. The van der Waals surface area contributed by atoms with Crippen molar-refractivity contribution in [3.8, 4) is 11.5 Å². The summed E-state index contributed by atoms with van der Waals surface area (Å²) in [5.74, 6) is 1.91. The van der Waals surface area contributed by atoms with Crippen molar-refractivity contribution in [2.75, 3.05) is 31.6 Å². The SMILES string of the molecule is CCNC(=NCCCCC(F)(F)F)Nc1ccc2c(c1)OCCCO2.I. The molecule has 1 aliphatic rings. The van der Waals surface area contributed by atoms with E-state index in [0.29, 0.717) is 50.2 Å². The molecule has 0 bridgehead atoms. The van der Waals surface area contributed by atoms with Gasteiger partial charge in [0.1, 0.15) is 0 Å². The first-order chi connectivity index (χ1) is 12.0. The number of nitrogens with zero attached hydrogens (tertiary/aromatic N) is 1. The second-order valence-electron chi connectivity index (χ2n) is 5.67. The van der Waals surface area contributed by atoms with Crippen LogP contribution < -0.4 is 20.1 Å². The highest BCUT2D eigenvalue weighted by Gasteiger charge is 2.25.